The van der Waals surface area contributed by atoms with Gasteiger partial charge in [-0.3, -0.25) is 4.79 Å². The lowest BCUT2D eigenvalue weighted by Gasteiger charge is -2.27. The third kappa shape index (κ3) is 2.82. The third-order valence-corrected chi connectivity index (χ3v) is 4.66. The van der Waals surface area contributed by atoms with E-state index in [0.29, 0.717) is 19.4 Å². The maximum atomic E-state index is 15.2. The van der Waals surface area contributed by atoms with Crippen LogP contribution in [-0.2, 0) is 6.54 Å². The number of pyridine rings is 1. The number of benzene rings is 1. The van der Waals surface area contributed by atoms with Crippen molar-refractivity contribution in [1.82, 2.24) is 4.57 Å². The molecule has 0 saturated carbocycles. The number of aliphatic hydroxyl groups excluding tert-OH is 1. The number of hydrogen-bond donors (Lipinski definition) is 2. The van der Waals surface area contributed by atoms with Crippen molar-refractivity contribution < 1.29 is 28.2 Å². The molecule has 0 spiro atoms. The number of rotatable bonds is 5. The Hall–Kier alpha value is -2.55. The van der Waals surface area contributed by atoms with Gasteiger partial charge in [0.15, 0.2) is 5.82 Å². The number of hydrogen-bond acceptors (Lipinski definition) is 4. The monoisotopic (exact) mass is 370 g/mol. The second-order valence-corrected chi connectivity index (χ2v) is 6.15. The maximum Gasteiger partial charge on any atom is 0.341 e. The first-order valence-electron chi connectivity index (χ1n) is 8.12. The summed E-state index contributed by atoms with van der Waals surface area (Å²) >= 11 is 0. The van der Waals surface area contributed by atoms with Crippen molar-refractivity contribution in [3.63, 3.8) is 0 Å². The predicted octanol–water partition coefficient (Wildman–Crippen LogP) is 1.91. The number of aryl methyl sites for hydroxylation is 1. The average molecular weight is 370 g/mol. The molecule has 2 aromatic rings. The highest BCUT2D eigenvalue weighted by Crippen LogP contribution is 2.34. The van der Waals surface area contributed by atoms with Gasteiger partial charge in [0.25, 0.3) is 0 Å². The maximum absolute atomic E-state index is 15.2. The normalized spacial score (nSPS) is 17.2. The molecule has 0 unspecified atom stereocenters. The number of fused-ring (bicyclic) bond motifs is 1. The molecule has 2 heterocycles. The molecule has 6 nitrogen and oxygen atoms in total. The quantitative estimate of drug-likeness (QED) is 0.840. The van der Waals surface area contributed by atoms with E-state index >= 15 is 4.39 Å². The summed E-state index contributed by atoms with van der Waals surface area (Å²) < 4.78 is 43.7. The van der Waals surface area contributed by atoms with E-state index in [4.69, 9.17) is 5.11 Å². The number of aromatic nitrogens is 1. The van der Waals surface area contributed by atoms with E-state index < -0.39 is 52.4 Å². The lowest BCUT2D eigenvalue weighted by atomic mass is 10.1. The summed E-state index contributed by atoms with van der Waals surface area (Å²) in [6.45, 7) is -1.27. The van der Waals surface area contributed by atoms with Crippen LogP contribution in [-0.4, -0.2) is 46.6 Å². The van der Waals surface area contributed by atoms with Gasteiger partial charge in [-0.05, 0) is 18.9 Å². The number of carbonyl (C=O) groups is 1. The van der Waals surface area contributed by atoms with E-state index in [1.54, 1.807) is 0 Å². The standard InChI is InChI=1S/C17H17F3N2O4/c18-3-5-21-7-11(17(25)26)16(24)10-6-12(19)15(13(20)14(10)21)22-4-1-2-9(22)8-23/h6-7,9,23H,1-5,8H2,(H,25,26)/t9-/m0/s1. The van der Waals surface area contributed by atoms with Crippen LogP contribution in [0.15, 0.2) is 17.1 Å². The summed E-state index contributed by atoms with van der Waals surface area (Å²) in [5, 5.41) is 18.1. The predicted molar refractivity (Wildman–Crippen MR) is 88.5 cm³/mol. The van der Waals surface area contributed by atoms with Gasteiger partial charge in [0.2, 0.25) is 5.43 Å². The number of anilines is 1. The van der Waals surface area contributed by atoms with Crippen molar-refractivity contribution >= 4 is 22.6 Å². The van der Waals surface area contributed by atoms with Crippen molar-refractivity contribution in [2.75, 3.05) is 24.7 Å². The highest BCUT2D eigenvalue weighted by Gasteiger charge is 2.31. The van der Waals surface area contributed by atoms with Gasteiger partial charge in [-0.25, -0.2) is 18.0 Å². The van der Waals surface area contributed by atoms with Crippen LogP contribution in [0, 0.1) is 11.6 Å². The lowest BCUT2D eigenvalue weighted by molar-refractivity contribution is 0.0694. The van der Waals surface area contributed by atoms with E-state index in [1.165, 1.54) is 4.90 Å². The molecule has 3 rings (SSSR count). The minimum absolute atomic E-state index is 0.286. The molecule has 1 saturated heterocycles. The minimum atomic E-state index is -1.56. The van der Waals surface area contributed by atoms with Crippen molar-refractivity contribution in [1.29, 1.82) is 0 Å². The zero-order valence-electron chi connectivity index (χ0n) is 13.7. The number of aromatic carboxylic acids is 1. The molecule has 0 radical (unpaired) electrons. The van der Waals surface area contributed by atoms with E-state index in [2.05, 4.69) is 0 Å². The molecular formula is C17H17F3N2O4. The Morgan fingerprint density at radius 3 is 2.69 bits per heavy atom. The van der Waals surface area contributed by atoms with Gasteiger partial charge in [-0.2, -0.15) is 0 Å². The van der Waals surface area contributed by atoms with E-state index in [0.717, 1.165) is 16.8 Å². The molecule has 1 aliphatic rings. The zero-order chi connectivity index (χ0) is 19.0. The number of carboxylic acid groups (broad SMARTS) is 1. The molecule has 1 fully saturated rings. The Morgan fingerprint density at radius 1 is 1.35 bits per heavy atom. The molecule has 1 atom stereocenters. The number of nitrogens with zero attached hydrogens (tertiary/aromatic N) is 2. The van der Waals surface area contributed by atoms with Crippen LogP contribution < -0.4 is 10.3 Å². The third-order valence-electron chi connectivity index (χ3n) is 4.66. The zero-order valence-corrected chi connectivity index (χ0v) is 13.7. The van der Waals surface area contributed by atoms with Gasteiger partial charge in [0.05, 0.1) is 30.1 Å². The highest BCUT2D eigenvalue weighted by atomic mass is 19.1. The van der Waals surface area contributed by atoms with Crippen LogP contribution in [0.1, 0.15) is 23.2 Å². The molecule has 26 heavy (non-hydrogen) atoms. The summed E-state index contributed by atoms with van der Waals surface area (Å²) in [4.78, 5) is 24.9. The molecule has 1 aromatic carbocycles. The van der Waals surface area contributed by atoms with Crippen molar-refractivity contribution in [3.8, 4) is 0 Å². The van der Waals surface area contributed by atoms with Crippen molar-refractivity contribution in [2.24, 2.45) is 0 Å². The Labute approximate surface area is 146 Å². The summed E-state index contributed by atoms with van der Waals surface area (Å²) in [7, 11) is 0. The number of carboxylic acids is 1. The molecule has 0 amide bonds. The fraction of sp³-hybridized carbons (Fsp3) is 0.412. The lowest BCUT2D eigenvalue weighted by Crippen LogP contribution is -2.34. The first kappa shape index (κ1) is 18.2. The summed E-state index contributed by atoms with van der Waals surface area (Å²) in [6, 6.07) is 0.320. The molecule has 2 N–H and O–H groups in total. The second-order valence-electron chi connectivity index (χ2n) is 6.15. The van der Waals surface area contributed by atoms with Gasteiger partial charge in [-0.1, -0.05) is 0 Å². The van der Waals surface area contributed by atoms with Crippen LogP contribution in [0.2, 0.25) is 0 Å². The summed E-state index contributed by atoms with van der Waals surface area (Å²) in [6.07, 6.45) is 2.06. The average Bonchev–Trinajstić information content (AvgIpc) is 3.05. The van der Waals surface area contributed by atoms with Gasteiger partial charge in [-0.15, -0.1) is 0 Å². The fourth-order valence-corrected chi connectivity index (χ4v) is 3.48. The number of aliphatic hydroxyl groups is 1. The smallest absolute Gasteiger partial charge is 0.341 e. The van der Waals surface area contributed by atoms with E-state index in [1.807, 2.05) is 0 Å². The van der Waals surface area contributed by atoms with Gasteiger partial charge in [0.1, 0.15) is 23.7 Å². The SMILES string of the molecule is O=C(O)c1cn(CCF)c2c(F)c(N3CCC[C@H]3CO)c(F)cc2c1=O. The summed E-state index contributed by atoms with van der Waals surface area (Å²) in [5.74, 6) is -3.65. The molecule has 0 bridgehead atoms. The molecular weight excluding hydrogens is 353 g/mol. The van der Waals surface area contributed by atoms with Crippen LogP contribution >= 0.6 is 0 Å². The van der Waals surface area contributed by atoms with Gasteiger partial charge in [0, 0.05) is 12.7 Å². The molecule has 1 aliphatic heterocycles. The number of halogens is 3. The Morgan fingerprint density at radius 2 is 2.08 bits per heavy atom. The van der Waals surface area contributed by atoms with Crippen LogP contribution in [0.25, 0.3) is 10.9 Å². The van der Waals surface area contributed by atoms with Crippen molar-refractivity contribution in [2.45, 2.75) is 25.4 Å². The first-order valence-corrected chi connectivity index (χ1v) is 8.12. The Balaban J connectivity index is 2.34. The van der Waals surface area contributed by atoms with Crippen LogP contribution in [0.3, 0.4) is 0 Å². The van der Waals surface area contributed by atoms with Gasteiger partial charge < -0.3 is 19.7 Å². The topological polar surface area (TPSA) is 82.8 Å². The Kier molecular flexibility index (Phi) is 4.90. The van der Waals surface area contributed by atoms with Gasteiger partial charge >= 0.3 is 5.97 Å². The number of alkyl halides is 1. The molecule has 0 aliphatic carbocycles. The molecule has 9 heteroatoms. The van der Waals surface area contributed by atoms with Crippen LogP contribution in [0.5, 0.6) is 0 Å². The fourth-order valence-electron chi connectivity index (χ4n) is 3.48. The molecule has 1 aromatic heterocycles. The molecule has 140 valence electrons. The van der Waals surface area contributed by atoms with E-state index in [-0.39, 0.29) is 18.7 Å². The first-order chi connectivity index (χ1) is 12.4. The summed E-state index contributed by atoms with van der Waals surface area (Å²) in [5.41, 5.74) is -2.47. The second kappa shape index (κ2) is 6.99. The largest absolute Gasteiger partial charge is 0.477 e. The minimum Gasteiger partial charge on any atom is -0.477 e. The highest BCUT2D eigenvalue weighted by molar-refractivity contribution is 5.93. The van der Waals surface area contributed by atoms with Crippen LogP contribution in [0.4, 0.5) is 18.9 Å². The Bertz CT molecular complexity index is 929. The van der Waals surface area contributed by atoms with E-state index in [9.17, 15) is 23.5 Å². The van der Waals surface area contributed by atoms with Crippen molar-refractivity contribution in [3.05, 3.63) is 39.7 Å².